The maximum absolute atomic E-state index is 5.74. The molecule has 3 rings (SSSR count). The van der Waals surface area contributed by atoms with Crippen LogP contribution < -0.4 is 0 Å². The molecule has 2 saturated heterocycles. The number of halogens is 1. The van der Waals surface area contributed by atoms with Crippen molar-refractivity contribution < 1.29 is 4.74 Å². The average molecular weight is 324 g/mol. The standard InChI is InChI=1S/C16H22BrNO/c17-15-4-1-3-14(11-15)13-6-8-18(9-7-13)12-16-5-2-10-19-16/h1,3-4,11,13,16H,2,5-10,12H2. The van der Waals surface area contributed by atoms with Gasteiger partial charge in [-0.25, -0.2) is 0 Å². The Bertz CT molecular complexity index is 409. The van der Waals surface area contributed by atoms with Gasteiger partial charge < -0.3 is 9.64 Å². The Labute approximate surface area is 124 Å². The molecule has 19 heavy (non-hydrogen) atoms. The molecular formula is C16H22BrNO. The van der Waals surface area contributed by atoms with E-state index in [1.807, 2.05) is 0 Å². The van der Waals surface area contributed by atoms with Crippen molar-refractivity contribution in [3.63, 3.8) is 0 Å². The van der Waals surface area contributed by atoms with Gasteiger partial charge in [-0.15, -0.1) is 0 Å². The fraction of sp³-hybridized carbons (Fsp3) is 0.625. The Morgan fingerprint density at radius 2 is 2.05 bits per heavy atom. The Hall–Kier alpha value is -0.380. The van der Waals surface area contributed by atoms with Crippen molar-refractivity contribution in [3.8, 4) is 0 Å². The van der Waals surface area contributed by atoms with Crippen molar-refractivity contribution in [2.24, 2.45) is 0 Å². The van der Waals surface area contributed by atoms with Crippen LogP contribution in [0.1, 0.15) is 37.2 Å². The minimum atomic E-state index is 0.502. The van der Waals surface area contributed by atoms with Crippen molar-refractivity contribution >= 4 is 15.9 Å². The molecule has 0 aliphatic carbocycles. The van der Waals surface area contributed by atoms with E-state index in [2.05, 4.69) is 45.1 Å². The zero-order valence-corrected chi connectivity index (χ0v) is 12.9. The van der Waals surface area contributed by atoms with Crippen LogP contribution in [0.2, 0.25) is 0 Å². The lowest BCUT2D eigenvalue weighted by atomic mass is 9.89. The predicted octanol–water partition coefficient (Wildman–Crippen LogP) is 3.81. The molecule has 0 bridgehead atoms. The van der Waals surface area contributed by atoms with Crippen LogP contribution in [0.25, 0.3) is 0 Å². The van der Waals surface area contributed by atoms with Crippen LogP contribution in [0.5, 0.6) is 0 Å². The first-order valence-corrected chi connectivity index (χ1v) is 8.20. The number of benzene rings is 1. The molecule has 104 valence electrons. The number of ether oxygens (including phenoxy) is 1. The molecule has 2 aliphatic rings. The summed E-state index contributed by atoms with van der Waals surface area (Å²) in [5.41, 5.74) is 1.49. The lowest BCUT2D eigenvalue weighted by Crippen LogP contribution is -2.38. The number of hydrogen-bond donors (Lipinski definition) is 0. The smallest absolute Gasteiger partial charge is 0.0702 e. The fourth-order valence-electron chi connectivity index (χ4n) is 3.29. The summed E-state index contributed by atoms with van der Waals surface area (Å²) in [4.78, 5) is 2.59. The molecular weight excluding hydrogens is 302 g/mol. The summed E-state index contributed by atoms with van der Waals surface area (Å²) in [7, 11) is 0. The predicted molar refractivity (Wildman–Crippen MR) is 81.5 cm³/mol. The lowest BCUT2D eigenvalue weighted by Gasteiger charge is -2.33. The topological polar surface area (TPSA) is 12.5 Å². The van der Waals surface area contributed by atoms with Crippen LogP contribution >= 0.6 is 15.9 Å². The second-order valence-corrected chi connectivity index (χ2v) is 6.68. The maximum Gasteiger partial charge on any atom is 0.0702 e. The van der Waals surface area contributed by atoms with E-state index in [9.17, 15) is 0 Å². The van der Waals surface area contributed by atoms with E-state index in [0.29, 0.717) is 6.10 Å². The summed E-state index contributed by atoms with van der Waals surface area (Å²) in [5.74, 6) is 0.734. The minimum absolute atomic E-state index is 0.502. The van der Waals surface area contributed by atoms with Gasteiger partial charge in [0.25, 0.3) is 0 Å². The second kappa shape index (κ2) is 6.38. The molecule has 1 atom stereocenters. The fourth-order valence-corrected chi connectivity index (χ4v) is 3.70. The van der Waals surface area contributed by atoms with Gasteiger partial charge in [0, 0.05) is 17.6 Å². The minimum Gasteiger partial charge on any atom is -0.377 e. The van der Waals surface area contributed by atoms with Gasteiger partial charge in [0.05, 0.1) is 6.10 Å². The molecule has 1 unspecified atom stereocenters. The third-order valence-corrected chi connectivity index (χ3v) is 4.89. The summed E-state index contributed by atoms with van der Waals surface area (Å²) in [6.07, 6.45) is 5.57. The van der Waals surface area contributed by atoms with Gasteiger partial charge in [-0.1, -0.05) is 28.1 Å². The van der Waals surface area contributed by atoms with Gasteiger partial charge in [0.1, 0.15) is 0 Å². The SMILES string of the molecule is Brc1cccc(C2CCN(CC3CCCO3)CC2)c1. The molecule has 0 spiro atoms. The first kappa shape index (κ1) is 13.6. The second-order valence-electron chi connectivity index (χ2n) is 5.76. The molecule has 0 radical (unpaired) electrons. The normalized spacial score (nSPS) is 25.8. The van der Waals surface area contributed by atoms with Gasteiger partial charge in [-0.05, 0) is 62.4 Å². The van der Waals surface area contributed by atoms with E-state index >= 15 is 0 Å². The summed E-state index contributed by atoms with van der Waals surface area (Å²) >= 11 is 3.57. The Kier molecular flexibility index (Phi) is 4.57. The zero-order chi connectivity index (χ0) is 13.1. The maximum atomic E-state index is 5.74. The number of hydrogen-bond acceptors (Lipinski definition) is 2. The molecule has 1 aromatic carbocycles. The van der Waals surface area contributed by atoms with Crippen LogP contribution in [0, 0.1) is 0 Å². The van der Waals surface area contributed by atoms with Crippen molar-refractivity contribution in [1.29, 1.82) is 0 Å². The molecule has 2 fully saturated rings. The van der Waals surface area contributed by atoms with Crippen LogP contribution in [0.15, 0.2) is 28.7 Å². The van der Waals surface area contributed by atoms with Crippen molar-refractivity contribution in [3.05, 3.63) is 34.3 Å². The van der Waals surface area contributed by atoms with Crippen LogP contribution in [0.3, 0.4) is 0 Å². The number of piperidine rings is 1. The van der Waals surface area contributed by atoms with E-state index in [1.165, 1.54) is 48.8 Å². The third-order valence-electron chi connectivity index (χ3n) is 4.39. The lowest BCUT2D eigenvalue weighted by molar-refractivity contribution is 0.0643. The van der Waals surface area contributed by atoms with E-state index in [0.717, 1.165) is 19.1 Å². The third kappa shape index (κ3) is 3.59. The Balaban J connectivity index is 1.51. The summed E-state index contributed by atoms with van der Waals surface area (Å²) in [6.45, 7) is 4.55. The molecule has 2 heterocycles. The highest BCUT2D eigenvalue weighted by atomic mass is 79.9. The number of likely N-dealkylation sites (tertiary alicyclic amines) is 1. The van der Waals surface area contributed by atoms with E-state index < -0.39 is 0 Å². The van der Waals surface area contributed by atoms with Crippen molar-refractivity contribution in [2.75, 3.05) is 26.2 Å². The van der Waals surface area contributed by atoms with E-state index in [4.69, 9.17) is 4.74 Å². The van der Waals surface area contributed by atoms with Gasteiger partial charge in [-0.2, -0.15) is 0 Å². The zero-order valence-electron chi connectivity index (χ0n) is 11.4. The van der Waals surface area contributed by atoms with E-state index in [-0.39, 0.29) is 0 Å². The van der Waals surface area contributed by atoms with Crippen molar-refractivity contribution in [2.45, 2.75) is 37.7 Å². The first-order valence-electron chi connectivity index (χ1n) is 7.41. The van der Waals surface area contributed by atoms with Crippen LogP contribution in [-0.2, 0) is 4.74 Å². The van der Waals surface area contributed by atoms with E-state index in [1.54, 1.807) is 0 Å². The highest BCUT2D eigenvalue weighted by Gasteiger charge is 2.24. The Morgan fingerprint density at radius 1 is 1.21 bits per heavy atom. The van der Waals surface area contributed by atoms with Crippen LogP contribution in [0.4, 0.5) is 0 Å². The molecule has 3 heteroatoms. The molecule has 0 amide bonds. The molecule has 0 aromatic heterocycles. The number of rotatable bonds is 3. The van der Waals surface area contributed by atoms with Crippen molar-refractivity contribution in [1.82, 2.24) is 4.90 Å². The first-order chi connectivity index (χ1) is 9.31. The molecule has 1 aromatic rings. The molecule has 0 N–H and O–H groups in total. The van der Waals surface area contributed by atoms with Crippen LogP contribution in [-0.4, -0.2) is 37.2 Å². The summed E-state index contributed by atoms with van der Waals surface area (Å²) < 4.78 is 6.94. The summed E-state index contributed by atoms with van der Waals surface area (Å²) in [5, 5.41) is 0. The van der Waals surface area contributed by atoms with Gasteiger partial charge in [0.2, 0.25) is 0 Å². The molecule has 2 aliphatic heterocycles. The Morgan fingerprint density at radius 3 is 2.74 bits per heavy atom. The molecule has 2 nitrogen and oxygen atoms in total. The highest BCUT2D eigenvalue weighted by molar-refractivity contribution is 9.10. The largest absolute Gasteiger partial charge is 0.377 e. The number of nitrogens with zero attached hydrogens (tertiary/aromatic N) is 1. The quantitative estimate of drug-likeness (QED) is 0.838. The van der Waals surface area contributed by atoms with Gasteiger partial charge in [0.15, 0.2) is 0 Å². The molecule has 0 saturated carbocycles. The average Bonchev–Trinajstić information content (AvgIpc) is 2.92. The summed E-state index contributed by atoms with van der Waals surface area (Å²) in [6, 6.07) is 8.81. The monoisotopic (exact) mass is 323 g/mol. The van der Waals surface area contributed by atoms with Gasteiger partial charge in [-0.3, -0.25) is 0 Å². The van der Waals surface area contributed by atoms with Gasteiger partial charge >= 0.3 is 0 Å². The highest BCUT2D eigenvalue weighted by Crippen LogP contribution is 2.30.